The fraction of sp³-hybridized carbons (Fsp3) is 0.875. The van der Waals surface area contributed by atoms with Crippen LogP contribution in [0, 0.1) is 11.8 Å². The van der Waals surface area contributed by atoms with Gasteiger partial charge in [0, 0.05) is 39.6 Å². The number of halogens is 1. The van der Waals surface area contributed by atoms with Gasteiger partial charge >= 0.3 is 0 Å². The molecule has 0 saturated carbocycles. The van der Waals surface area contributed by atoms with Crippen molar-refractivity contribution in [1.29, 1.82) is 0 Å². The van der Waals surface area contributed by atoms with Gasteiger partial charge in [0.15, 0.2) is 5.96 Å². The van der Waals surface area contributed by atoms with Gasteiger partial charge < -0.3 is 15.5 Å². The molecule has 130 valence electrons. The molecule has 1 aliphatic heterocycles. The van der Waals surface area contributed by atoms with Crippen LogP contribution >= 0.6 is 24.0 Å². The van der Waals surface area contributed by atoms with Crippen LogP contribution in [0.2, 0.25) is 0 Å². The third-order valence-electron chi connectivity index (χ3n) is 3.97. The lowest BCUT2D eigenvalue weighted by Gasteiger charge is -2.34. The summed E-state index contributed by atoms with van der Waals surface area (Å²) in [5, 5.41) is 6.11. The maximum atomic E-state index is 11.4. The molecular formula is C16H33IN4O. The number of piperidine rings is 1. The Hall–Kier alpha value is -0.530. The smallest absolute Gasteiger partial charge is 0.220 e. The van der Waals surface area contributed by atoms with Crippen LogP contribution in [0.5, 0.6) is 0 Å². The van der Waals surface area contributed by atoms with Gasteiger partial charge in [-0.25, -0.2) is 0 Å². The van der Waals surface area contributed by atoms with Crippen LogP contribution in [-0.4, -0.2) is 50.0 Å². The third kappa shape index (κ3) is 8.19. The third-order valence-corrected chi connectivity index (χ3v) is 3.97. The molecule has 1 aliphatic rings. The predicted molar refractivity (Wildman–Crippen MR) is 104 cm³/mol. The van der Waals surface area contributed by atoms with E-state index in [1.54, 1.807) is 7.05 Å². The fourth-order valence-electron chi connectivity index (χ4n) is 2.57. The molecule has 1 amide bonds. The first-order chi connectivity index (χ1) is 10.1. The Bertz CT molecular complexity index is 339. The van der Waals surface area contributed by atoms with Gasteiger partial charge in [0.2, 0.25) is 5.91 Å². The molecule has 0 radical (unpaired) electrons. The average Bonchev–Trinajstić information content (AvgIpc) is 2.47. The summed E-state index contributed by atoms with van der Waals surface area (Å²) >= 11 is 0. The lowest BCUT2D eigenvalue weighted by molar-refractivity contribution is -0.121. The molecule has 1 fully saturated rings. The molecule has 0 aromatic rings. The Kier molecular flexibility index (Phi) is 11.7. The van der Waals surface area contributed by atoms with Gasteiger partial charge in [-0.15, -0.1) is 24.0 Å². The number of nitrogens with one attached hydrogen (secondary N) is 2. The average molecular weight is 424 g/mol. The molecule has 1 heterocycles. The lowest BCUT2D eigenvalue weighted by Crippen LogP contribution is -2.46. The molecular weight excluding hydrogens is 391 g/mol. The first kappa shape index (κ1) is 21.5. The first-order valence-electron chi connectivity index (χ1n) is 8.30. The SMILES string of the molecule is CCNC(=NCCC(C)C)N1CCC(CC(=O)NC)CC1.I. The molecule has 5 nitrogen and oxygen atoms in total. The van der Waals surface area contributed by atoms with Gasteiger partial charge in [-0.3, -0.25) is 9.79 Å². The maximum Gasteiger partial charge on any atom is 0.220 e. The largest absolute Gasteiger partial charge is 0.359 e. The second-order valence-corrected chi connectivity index (χ2v) is 6.23. The fourth-order valence-corrected chi connectivity index (χ4v) is 2.57. The Labute approximate surface area is 152 Å². The highest BCUT2D eigenvalue weighted by Crippen LogP contribution is 2.20. The van der Waals surface area contributed by atoms with Gasteiger partial charge in [0.05, 0.1) is 0 Å². The van der Waals surface area contributed by atoms with E-state index in [9.17, 15) is 4.79 Å². The standard InChI is InChI=1S/C16H32N4O.HI/c1-5-18-16(19-9-6-13(2)3)20-10-7-14(8-11-20)12-15(21)17-4;/h13-14H,5-12H2,1-4H3,(H,17,21)(H,18,19);1H. The highest BCUT2D eigenvalue weighted by molar-refractivity contribution is 14.0. The molecule has 0 unspecified atom stereocenters. The van der Waals surface area contributed by atoms with Crippen LogP contribution in [0.1, 0.15) is 46.5 Å². The zero-order valence-electron chi connectivity index (χ0n) is 14.5. The van der Waals surface area contributed by atoms with E-state index >= 15 is 0 Å². The van der Waals surface area contributed by atoms with Crippen LogP contribution in [0.15, 0.2) is 4.99 Å². The Balaban J connectivity index is 0.00000441. The van der Waals surface area contributed by atoms with Crippen molar-refractivity contribution < 1.29 is 4.79 Å². The highest BCUT2D eigenvalue weighted by Gasteiger charge is 2.22. The molecule has 22 heavy (non-hydrogen) atoms. The van der Waals surface area contributed by atoms with Crippen molar-refractivity contribution in [2.24, 2.45) is 16.8 Å². The van der Waals surface area contributed by atoms with E-state index in [-0.39, 0.29) is 29.9 Å². The summed E-state index contributed by atoms with van der Waals surface area (Å²) in [5.41, 5.74) is 0. The summed E-state index contributed by atoms with van der Waals surface area (Å²) in [5.74, 6) is 2.40. The Morgan fingerprint density at radius 1 is 1.32 bits per heavy atom. The molecule has 0 aromatic carbocycles. The molecule has 2 N–H and O–H groups in total. The molecule has 1 rings (SSSR count). The minimum atomic E-state index is 0. The normalized spacial score (nSPS) is 16.4. The van der Waals surface area contributed by atoms with Crippen LogP contribution in [0.3, 0.4) is 0 Å². The van der Waals surface area contributed by atoms with E-state index in [4.69, 9.17) is 4.99 Å². The van der Waals surface area contributed by atoms with E-state index in [0.29, 0.717) is 18.3 Å². The number of guanidine groups is 1. The van der Waals surface area contributed by atoms with Gasteiger partial charge in [-0.2, -0.15) is 0 Å². The topological polar surface area (TPSA) is 56.7 Å². The Morgan fingerprint density at radius 3 is 2.45 bits per heavy atom. The summed E-state index contributed by atoms with van der Waals surface area (Å²) < 4.78 is 0. The lowest BCUT2D eigenvalue weighted by atomic mass is 9.93. The molecule has 6 heteroatoms. The van der Waals surface area contributed by atoms with Gasteiger partial charge in [-0.1, -0.05) is 13.8 Å². The number of carbonyl (C=O) groups excluding carboxylic acids is 1. The van der Waals surface area contributed by atoms with Crippen LogP contribution < -0.4 is 10.6 Å². The maximum absolute atomic E-state index is 11.4. The van der Waals surface area contributed by atoms with Crippen LogP contribution in [-0.2, 0) is 4.79 Å². The van der Waals surface area contributed by atoms with E-state index in [1.807, 2.05) is 0 Å². The Morgan fingerprint density at radius 2 is 1.95 bits per heavy atom. The molecule has 0 atom stereocenters. The van der Waals surface area contributed by atoms with E-state index < -0.39 is 0 Å². The molecule has 0 aromatic heterocycles. The number of likely N-dealkylation sites (tertiary alicyclic amines) is 1. The van der Waals surface area contributed by atoms with Crippen molar-refractivity contribution in [1.82, 2.24) is 15.5 Å². The number of hydrogen-bond donors (Lipinski definition) is 2. The van der Waals surface area contributed by atoms with Crippen molar-refractivity contribution in [2.75, 3.05) is 33.2 Å². The number of amides is 1. The van der Waals surface area contributed by atoms with Crippen molar-refractivity contribution >= 4 is 35.8 Å². The van der Waals surface area contributed by atoms with Crippen molar-refractivity contribution in [3.05, 3.63) is 0 Å². The molecule has 0 spiro atoms. The predicted octanol–water partition coefficient (Wildman–Crippen LogP) is 2.46. The second kappa shape index (κ2) is 12.0. The summed E-state index contributed by atoms with van der Waals surface area (Å²) in [6.07, 6.45) is 3.93. The quantitative estimate of drug-likeness (QED) is 0.391. The molecule has 1 saturated heterocycles. The second-order valence-electron chi connectivity index (χ2n) is 6.23. The van der Waals surface area contributed by atoms with Gasteiger partial charge in [0.25, 0.3) is 0 Å². The van der Waals surface area contributed by atoms with Gasteiger partial charge in [0.1, 0.15) is 0 Å². The van der Waals surface area contributed by atoms with E-state index in [0.717, 1.165) is 51.4 Å². The number of carbonyl (C=O) groups is 1. The number of nitrogens with zero attached hydrogens (tertiary/aromatic N) is 2. The van der Waals surface area contributed by atoms with Gasteiger partial charge in [-0.05, 0) is 38.0 Å². The number of rotatable bonds is 6. The van der Waals surface area contributed by atoms with E-state index in [1.165, 1.54) is 0 Å². The highest BCUT2D eigenvalue weighted by atomic mass is 127. The number of aliphatic imine (C=N–C) groups is 1. The monoisotopic (exact) mass is 424 g/mol. The minimum Gasteiger partial charge on any atom is -0.359 e. The molecule has 0 bridgehead atoms. The summed E-state index contributed by atoms with van der Waals surface area (Å²) in [6.45, 7) is 10.3. The molecule has 0 aliphatic carbocycles. The summed E-state index contributed by atoms with van der Waals surface area (Å²) in [4.78, 5) is 18.5. The van der Waals surface area contributed by atoms with Crippen molar-refractivity contribution in [3.63, 3.8) is 0 Å². The van der Waals surface area contributed by atoms with Crippen molar-refractivity contribution in [3.8, 4) is 0 Å². The summed E-state index contributed by atoms with van der Waals surface area (Å²) in [7, 11) is 1.71. The van der Waals surface area contributed by atoms with Crippen LogP contribution in [0.4, 0.5) is 0 Å². The van der Waals surface area contributed by atoms with Crippen molar-refractivity contribution in [2.45, 2.75) is 46.5 Å². The minimum absolute atomic E-state index is 0. The van der Waals surface area contributed by atoms with Crippen LogP contribution in [0.25, 0.3) is 0 Å². The number of hydrogen-bond acceptors (Lipinski definition) is 2. The first-order valence-corrected chi connectivity index (χ1v) is 8.30. The van der Waals surface area contributed by atoms with E-state index in [2.05, 4.69) is 36.3 Å². The summed E-state index contributed by atoms with van der Waals surface area (Å²) in [6, 6.07) is 0. The zero-order chi connectivity index (χ0) is 15.7. The zero-order valence-corrected chi connectivity index (χ0v) is 16.9.